The molecule has 0 saturated heterocycles. The molecule has 0 aliphatic carbocycles. The van der Waals surface area contributed by atoms with Gasteiger partial charge in [0, 0.05) is 28.6 Å². The number of nitro groups is 1. The molecule has 0 spiro atoms. The van der Waals surface area contributed by atoms with Gasteiger partial charge in [0.15, 0.2) is 5.01 Å². The monoisotopic (exact) mass is 463 g/mol. The predicted molar refractivity (Wildman–Crippen MR) is 125 cm³/mol. The zero-order chi connectivity index (χ0) is 22.2. The standard InChI is InChI=1S/C20H13N7O3S2/c21-17-15-14(10-31-17)16(18-23-24-20(32-18)22-11-4-2-1-3-5-11)25-26(19(15)28)12-6-8-13(9-7-12)27(29)30/h1-10H,21H2,(H,22,24). The minimum Gasteiger partial charge on any atom is -0.390 e. The Morgan fingerprint density at radius 3 is 2.53 bits per heavy atom. The maximum Gasteiger partial charge on any atom is 0.282 e. The molecule has 0 aliphatic rings. The van der Waals surface area contributed by atoms with Crippen molar-refractivity contribution < 1.29 is 4.92 Å². The van der Waals surface area contributed by atoms with Crippen LogP contribution in [-0.2, 0) is 0 Å². The van der Waals surface area contributed by atoms with E-state index in [0.29, 0.717) is 37.3 Å². The van der Waals surface area contributed by atoms with E-state index in [4.69, 9.17) is 5.73 Å². The molecule has 3 heterocycles. The minimum atomic E-state index is -0.506. The number of hydrogen-bond donors (Lipinski definition) is 2. The fourth-order valence-electron chi connectivity index (χ4n) is 3.14. The Bertz CT molecular complexity index is 1510. The van der Waals surface area contributed by atoms with Crippen molar-refractivity contribution >= 4 is 55.0 Å². The highest BCUT2D eigenvalue weighted by molar-refractivity contribution is 7.18. The predicted octanol–water partition coefficient (Wildman–Crippen LogP) is 4.20. The van der Waals surface area contributed by atoms with E-state index in [1.807, 2.05) is 30.3 Å². The van der Waals surface area contributed by atoms with Crippen molar-refractivity contribution in [2.45, 2.75) is 0 Å². The Morgan fingerprint density at radius 1 is 1.06 bits per heavy atom. The minimum absolute atomic E-state index is 0.0844. The number of nitrogen functional groups attached to an aromatic ring is 1. The maximum absolute atomic E-state index is 13.1. The molecule has 0 unspecified atom stereocenters. The highest BCUT2D eigenvalue weighted by atomic mass is 32.1. The number of nitrogens with zero attached hydrogens (tertiary/aromatic N) is 5. The Hall–Kier alpha value is -4.16. The summed E-state index contributed by atoms with van der Waals surface area (Å²) in [6, 6.07) is 15.1. The topological polar surface area (TPSA) is 142 Å². The number of rotatable bonds is 5. The number of hydrogen-bond acceptors (Lipinski definition) is 10. The first-order valence-corrected chi connectivity index (χ1v) is 10.9. The lowest BCUT2D eigenvalue weighted by Gasteiger charge is -2.08. The van der Waals surface area contributed by atoms with E-state index in [2.05, 4.69) is 20.6 Å². The van der Waals surface area contributed by atoms with Crippen molar-refractivity contribution in [1.29, 1.82) is 0 Å². The van der Waals surface area contributed by atoms with Crippen molar-refractivity contribution in [3.63, 3.8) is 0 Å². The van der Waals surface area contributed by atoms with E-state index in [-0.39, 0.29) is 5.69 Å². The van der Waals surface area contributed by atoms with Gasteiger partial charge >= 0.3 is 0 Å². The molecule has 0 saturated carbocycles. The fourth-order valence-corrected chi connectivity index (χ4v) is 4.69. The van der Waals surface area contributed by atoms with Crippen LogP contribution in [0.25, 0.3) is 27.2 Å². The molecule has 158 valence electrons. The number of fused-ring (bicyclic) bond motifs is 1. The van der Waals surface area contributed by atoms with Crippen LogP contribution in [-0.4, -0.2) is 24.9 Å². The van der Waals surface area contributed by atoms with E-state index in [0.717, 1.165) is 5.69 Å². The molecule has 2 aromatic carbocycles. The number of nitrogens with two attached hydrogens (primary N) is 1. The molecule has 0 radical (unpaired) electrons. The van der Waals surface area contributed by atoms with Crippen molar-refractivity contribution in [1.82, 2.24) is 20.0 Å². The average molecular weight is 464 g/mol. The van der Waals surface area contributed by atoms with Crippen LogP contribution in [0.5, 0.6) is 0 Å². The number of benzene rings is 2. The van der Waals surface area contributed by atoms with Gasteiger partial charge in [0.2, 0.25) is 5.13 Å². The first kappa shape index (κ1) is 19.8. The summed E-state index contributed by atoms with van der Waals surface area (Å²) in [6.07, 6.45) is 0. The zero-order valence-corrected chi connectivity index (χ0v) is 17.8. The van der Waals surface area contributed by atoms with Crippen LogP contribution in [0, 0.1) is 10.1 Å². The summed E-state index contributed by atoms with van der Waals surface area (Å²) >= 11 is 2.52. The quantitative estimate of drug-likeness (QED) is 0.292. The number of nitrogens with one attached hydrogen (secondary N) is 1. The Balaban J connectivity index is 1.63. The van der Waals surface area contributed by atoms with Gasteiger partial charge in [-0.2, -0.15) is 9.78 Å². The van der Waals surface area contributed by atoms with Crippen LogP contribution in [0.2, 0.25) is 0 Å². The van der Waals surface area contributed by atoms with Gasteiger partial charge in [-0.25, -0.2) is 0 Å². The smallest absolute Gasteiger partial charge is 0.282 e. The van der Waals surface area contributed by atoms with E-state index in [9.17, 15) is 14.9 Å². The molecule has 10 nitrogen and oxygen atoms in total. The van der Waals surface area contributed by atoms with Gasteiger partial charge in [0.1, 0.15) is 5.69 Å². The maximum atomic E-state index is 13.1. The van der Waals surface area contributed by atoms with Crippen LogP contribution < -0.4 is 16.6 Å². The summed E-state index contributed by atoms with van der Waals surface area (Å²) in [7, 11) is 0. The second-order valence-corrected chi connectivity index (χ2v) is 8.52. The summed E-state index contributed by atoms with van der Waals surface area (Å²) in [5.74, 6) is 0. The van der Waals surface area contributed by atoms with Crippen LogP contribution in [0.1, 0.15) is 0 Å². The number of thiophene rings is 1. The van der Waals surface area contributed by atoms with Gasteiger partial charge in [-0.3, -0.25) is 14.9 Å². The lowest BCUT2D eigenvalue weighted by Crippen LogP contribution is -2.22. The average Bonchev–Trinajstić information content (AvgIpc) is 3.42. The molecular weight excluding hydrogens is 450 g/mol. The first-order chi connectivity index (χ1) is 15.5. The summed E-state index contributed by atoms with van der Waals surface area (Å²) < 4.78 is 1.18. The molecule has 32 heavy (non-hydrogen) atoms. The number of aromatic nitrogens is 4. The van der Waals surface area contributed by atoms with E-state index < -0.39 is 10.5 Å². The normalized spacial score (nSPS) is 11.0. The fraction of sp³-hybridized carbons (Fsp3) is 0. The van der Waals surface area contributed by atoms with Gasteiger partial charge in [-0.1, -0.05) is 29.5 Å². The van der Waals surface area contributed by atoms with Crippen molar-refractivity contribution in [3.05, 3.63) is 80.4 Å². The molecule has 0 bridgehead atoms. The highest BCUT2D eigenvalue weighted by Crippen LogP contribution is 2.35. The van der Waals surface area contributed by atoms with Gasteiger partial charge in [0.05, 0.1) is 21.0 Å². The van der Waals surface area contributed by atoms with Gasteiger partial charge in [0.25, 0.3) is 11.2 Å². The summed E-state index contributed by atoms with van der Waals surface area (Å²) in [5.41, 5.74) is 7.28. The molecule has 0 atom stereocenters. The molecule has 5 rings (SSSR count). The summed E-state index contributed by atoms with van der Waals surface area (Å²) in [4.78, 5) is 23.6. The third-order valence-corrected chi connectivity index (χ3v) is 6.30. The molecule has 3 aromatic heterocycles. The molecule has 0 fully saturated rings. The van der Waals surface area contributed by atoms with E-state index >= 15 is 0 Å². The first-order valence-electron chi connectivity index (χ1n) is 9.22. The lowest BCUT2D eigenvalue weighted by atomic mass is 10.2. The van der Waals surface area contributed by atoms with Gasteiger partial charge in [-0.05, 0) is 24.3 Å². The Kier molecular flexibility index (Phi) is 4.84. The third-order valence-electron chi connectivity index (χ3n) is 4.64. The van der Waals surface area contributed by atoms with Crippen molar-refractivity contribution in [3.8, 4) is 16.4 Å². The van der Waals surface area contributed by atoms with Crippen LogP contribution >= 0.6 is 22.7 Å². The van der Waals surface area contributed by atoms with Gasteiger partial charge in [-0.15, -0.1) is 21.5 Å². The lowest BCUT2D eigenvalue weighted by molar-refractivity contribution is -0.384. The summed E-state index contributed by atoms with van der Waals surface area (Å²) in [5, 5.41) is 31.2. The van der Waals surface area contributed by atoms with Crippen LogP contribution in [0.4, 0.5) is 21.5 Å². The third kappa shape index (κ3) is 3.46. The Morgan fingerprint density at radius 2 is 1.81 bits per heavy atom. The largest absolute Gasteiger partial charge is 0.390 e. The zero-order valence-electron chi connectivity index (χ0n) is 16.1. The van der Waals surface area contributed by atoms with Gasteiger partial charge < -0.3 is 11.1 Å². The van der Waals surface area contributed by atoms with E-state index in [1.165, 1.54) is 51.6 Å². The molecule has 12 heteroatoms. The van der Waals surface area contributed by atoms with Crippen LogP contribution in [0.15, 0.2) is 64.8 Å². The molecule has 0 aliphatic heterocycles. The number of non-ortho nitro benzene ring substituents is 1. The highest BCUT2D eigenvalue weighted by Gasteiger charge is 2.20. The summed E-state index contributed by atoms with van der Waals surface area (Å²) in [6.45, 7) is 0. The van der Waals surface area contributed by atoms with E-state index in [1.54, 1.807) is 5.38 Å². The molecular formula is C20H13N7O3S2. The van der Waals surface area contributed by atoms with Crippen LogP contribution in [0.3, 0.4) is 0 Å². The number of anilines is 3. The van der Waals surface area contributed by atoms with Crippen molar-refractivity contribution in [2.75, 3.05) is 11.1 Å². The van der Waals surface area contributed by atoms with Crippen molar-refractivity contribution in [2.24, 2.45) is 0 Å². The number of para-hydroxylation sites is 1. The SMILES string of the molecule is Nc1scc2c(-c3nnc(Nc4ccccc4)s3)nn(-c3ccc([N+](=O)[O-])cc3)c(=O)c12. The number of nitro benzene ring substituents is 1. The second-order valence-electron chi connectivity index (χ2n) is 6.63. The molecule has 5 aromatic rings. The Labute approximate surface area is 187 Å². The second kappa shape index (κ2) is 7.83. The molecule has 0 amide bonds. The molecule has 3 N–H and O–H groups in total.